The van der Waals surface area contributed by atoms with Crippen LogP contribution in [0, 0.1) is 0 Å². The van der Waals surface area contributed by atoms with Crippen molar-refractivity contribution in [2.75, 3.05) is 32.6 Å². The zero-order chi connectivity index (χ0) is 20.1. The fourth-order valence-corrected chi connectivity index (χ4v) is 4.48. The second kappa shape index (κ2) is 9.38. The molecule has 2 heterocycles. The van der Waals surface area contributed by atoms with E-state index in [1.54, 1.807) is 4.90 Å². The average Bonchev–Trinajstić information content (AvgIpc) is 3.13. The number of nitrogens with zero attached hydrogens (tertiary/aromatic N) is 2. The van der Waals surface area contributed by atoms with Crippen LogP contribution < -0.4 is 0 Å². The number of likely N-dealkylation sites (tertiary alicyclic amines) is 1. The summed E-state index contributed by atoms with van der Waals surface area (Å²) < 4.78 is 10.5. The quantitative estimate of drug-likeness (QED) is 0.531. The first-order chi connectivity index (χ1) is 13.5. The molecule has 1 atom stereocenters. The molecule has 7 nitrogen and oxygen atoms in total. The highest BCUT2D eigenvalue weighted by Gasteiger charge is 2.44. The zero-order valence-corrected chi connectivity index (χ0v) is 17.2. The molecule has 0 spiro atoms. The van der Waals surface area contributed by atoms with E-state index in [-0.39, 0.29) is 24.3 Å². The Morgan fingerprint density at radius 1 is 1.25 bits per heavy atom. The number of carbonyl (C=O) groups is 3. The summed E-state index contributed by atoms with van der Waals surface area (Å²) >= 11 is 6.74. The van der Waals surface area contributed by atoms with Gasteiger partial charge in [-0.15, -0.1) is 11.8 Å². The van der Waals surface area contributed by atoms with Crippen LogP contribution in [0.3, 0.4) is 0 Å². The van der Waals surface area contributed by atoms with Crippen LogP contribution in [0.15, 0.2) is 30.3 Å². The third-order valence-corrected chi connectivity index (χ3v) is 6.41. The second-order valence-corrected chi connectivity index (χ2v) is 8.23. The van der Waals surface area contributed by atoms with Crippen LogP contribution in [0.5, 0.6) is 0 Å². The summed E-state index contributed by atoms with van der Waals surface area (Å²) in [6.45, 7) is 1.07. The molecule has 150 valence electrons. The molecule has 0 radical (unpaired) electrons. The number of amides is 2. The fourth-order valence-electron chi connectivity index (χ4n) is 3.42. The molecule has 2 amide bonds. The molecule has 0 aliphatic carbocycles. The van der Waals surface area contributed by atoms with Crippen LogP contribution in [-0.4, -0.2) is 76.6 Å². The maximum atomic E-state index is 12.5. The number of carbonyl (C=O) groups excluding carboxylic acids is 3. The Hall–Kier alpha value is -2.13. The van der Waals surface area contributed by atoms with Gasteiger partial charge in [0.15, 0.2) is 6.04 Å². The molecular weight excluding hydrogens is 400 g/mol. The van der Waals surface area contributed by atoms with Gasteiger partial charge in [-0.05, 0) is 18.4 Å². The number of hydrogen-bond donors (Lipinski definition) is 0. The van der Waals surface area contributed by atoms with Crippen molar-refractivity contribution in [2.45, 2.75) is 24.9 Å². The summed E-state index contributed by atoms with van der Waals surface area (Å²) in [5, 5.41) is 0. The highest BCUT2D eigenvalue weighted by molar-refractivity contribution is 8.24. The lowest BCUT2D eigenvalue weighted by Gasteiger charge is -2.37. The Bertz CT molecular complexity index is 750. The molecule has 3 rings (SSSR count). The molecule has 1 aromatic carbocycles. The highest BCUT2D eigenvalue weighted by atomic mass is 32.2. The maximum absolute atomic E-state index is 12.5. The molecule has 0 N–H and O–H groups in total. The van der Waals surface area contributed by atoms with Gasteiger partial charge in [0.25, 0.3) is 0 Å². The molecule has 0 saturated carbocycles. The minimum Gasteiger partial charge on any atom is -0.467 e. The van der Waals surface area contributed by atoms with E-state index in [2.05, 4.69) is 0 Å². The van der Waals surface area contributed by atoms with Gasteiger partial charge in [0.2, 0.25) is 5.91 Å². The van der Waals surface area contributed by atoms with E-state index in [1.165, 1.54) is 23.8 Å². The summed E-state index contributed by atoms with van der Waals surface area (Å²) in [4.78, 5) is 39.7. The van der Waals surface area contributed by atoms with Crippen molar-refractivity contribution in [2.24, 2.45) is 0 Å². The van der Waals surface area contributed by atoms with Gasteiger partial charge in [-0.25, -0.2) is 9.59 Å². The van der Waals surface area contributed by atoms with E-state index in [9.17, 15) is 14.4 Å². The van der Waals surface area contributed by atoms with Crippen LogP contribution in [0.1, 0.15) is 18.4 Å². The Morgan fingerprint density at radius 2 is 1.93 bits per heavy atom. The molecule has 2 saturated heterocycles. The maximum Gasteiger partial charge on any atom is 0.410 e. The van der Waals surface area contributed by atoms with E-state index >= 15 is 0 Å². The predicted octanol–water partition coefficient (Wildman–Crippen LogP) is 2.08. The van der Waals surface area contributed by atoms with Crippen molar-refractivity contribution in [3.8, 4) is 0 Å². The number of esters is 1. The van der Waals surface area contributed by atoms with Crippen LogP contribution in [0.4, 0.5) is 4.79 Å². The number of rotatable bonds is 5. The van der Waals surface area contributed by atoms with Crippen LogP contribution in [0.25, 0.3) is 0 Å². The number of ether oxygens (including phenoxy) is 2. The third kappa shape index (κ3) is 4.64. The van der Waals surface area contributed by atoms with Gasteiger partial charge < -0.3 is 14.4 Å². The number of methoxy groups -OCH3 is 1. The molecule has 2 fully saturated rings. The van der Waals surface area contributed by atoms with Gasteiger partial charge in [-0.1, -0.05) is 42.5 Å². The molecule has 9 heteroatoms. The molecule has 0 aromatic heterocycles. The molecule has 2 aliphatic rings. The molecule has 0 bridgehead atoms. The third-order valence-electron chi connectivity index (χ3n) is 4.93. The number of piperidine rings is 1. The number of thiocarbonyl (C=S) groups is 1. The summed E-state index contributed by atoms with van der Waals surface area (Å²) in [5.41, 5.74) is 0.940. The standard InChI is InChI=1S/C19H22N2O5S2/c1-25-17(23)15-11-26-19(24)21(15)14-7-9-20(10-8-14)16(22)12-28-18(27)13-5-3-2-4-6-13/h2-6,14-15H,7-12H2,1H3. The topological polar surface area (TPSA) is 76.2 Å². The highest BCUT2D eigenvalue weighted by Crippen LogP contribution is 2.25. The minimum atomic E-state index is -0.705. The van der Waals surface area contributed by atoms with Gasteiger partial charge >= 0.3 is 12.1 Å². The van der Waals surface area contributed by atoms with Crippen LogP contribution >= 0.6 is 24.0 Å². The largest absolute Gasteiger partial charge is 0.467 e. The second-order valence-electron chi connectivity index (χ2n) is 6.58. The summed E-state index contributed by atoms with van der Waals surface area (Å²) in [7, 11) is 1.29. The van der Waals surface area contributed by atoms with Gasteiger partial charge in [0.05, 0.1) is 17.1 Å². The van der Waals surface area contributed by atoms with E-state index in [4.69, 9.17) is 21.7 Å². The Morgan fingerprint density at radius 3 is 2.57 bits per heavy atom. The number of benzene rings is 1. The SMILES string of the molecule is COC(=O)C1COC(=O)N1C1CCN(C(=O)CSC(=S)c2ccccc2)CC1. The Balaban J connectivity index is 1.49. The average molecular weight is 423 g/mol. The fraction of sp³-hybridized carbons (Fsp3) is 0.474. The number of thioether (sulfide) groups is 1. The lowest BCUT2D eigenvalue weighted by atomic mass is 10.0. The predicted molar refractivity (Wildman–Crippen MR) is 109 cm³/mol. The first-order valence-electron chi connectivity index (χ1n) is 9.04. The zero-order valence-electron chi connectivity index (χ0n) is 15.5. The lowest BCUT2D eigenvalue weighted by Crippen LogP contribution is -2.52. The van der Waals surface area contributed by atoms with Crippen molar-refractivity contribution < 1.29 is 23.9 Å². The van der Waals surface area contributed by atoms with Gasteiger partial charge in [-0.3, -0.25) is 9.69 Å². The van der Waals surface area contributed by atoms with Gasteiger partial charge in [0.1, 0.15) is 6.61 Å². The molecule has 1 aromatic rings. The van der Waals surface area contributed by atoms with Crippen molar-refractivity contribution >= 4 is 46.1 Å². The van der Waals surface area contributed by atoms with Gasteiger partial charge in [0, 0.05) is 19.1 Å². The smallest absolute Gasteiger partial charge is 0.410 e. The monoisotopic (exact) mass is 422 g/mol. The summed E-state index contributed by atoms with van der Waals surface area (Å²) in [6, 6.07) is 8.77. The summed E-state index contributed by atoms with van der Waals surface area (Å²) in [5.74, 6) is -0.167. The van der Waals surface area contributed by atoms with Crippen LogP contribution in [-0.2, 0) is 19.1 Å². The normalized spacial score (nSPS) is 20.0. The first-order valence-corrected chi connectivity index (χ1v) is 10.4. The van der Waals surface area contributed by atoms with E-state index in [0.717, 1.165) is 5.56 Å². The molecule has 2 aliphatic heterocycles. The summed E-state index contributed by atoms with van der Waals surface area (Å²) in [6.07, 6.45) is 0.702. The minimum absolute atomic E-state index is 0.0121. The first kappa shape index (κ1) is 20.6. The van der Waals surface area contributed by atoms with E-state index in [0.29, 0.717) is 30.1 Å². The Labute approximate surface area is 173 Å². The van der Waals surface area contributed by atoms with Crippen molar-refractivity contribution in [3.63, 3.8) is 0 Å². The van der Waals surface area contributed by atoms with Crippen molar-refractivity contribution in [1.29, 1.82) is 0 Å². The molecular formula is C19H22N2O5S2. The van der Waals surface area contributed by atoms with E-state index in [1.807, 2.05) is 30.3 Å². The molecule has 1 unspecified atom stereocenters. The van der Waals surface area contributed by atoms with Crippen molar-refractivity contribution in [1.82, 2.24) is 9.80 Å². The number of cyclic esters (lactones) is 1. The van der Waals surface area contributed by atoms with Gasteiger partial charge in [-0.2, -0.15) is 0 Å². The number of hydrogen-bond acceptors (Lipinski definition) is 7. The Kier molecular flexibility index (Phi) is 6.90. The van der Waals surface area contributed by atoms with E-state index < -0.39 is 18.1 Å². The van der Waals surface area contributed by atoms with Crippen LogP contribution in [0.2, 0.25) is 0 Å². The molecule has 28 heavy (non-hydrogen) atoms. The van der Waals surface area contributed by atoms with Crippen molar-refractivity contribution in [3.05, 3.63) is 35.9 Å². The lowest BCUT2D eigenvalue weighted by molar-refractivity contribution is -0.146.